The molecule has 1 rings (SSSR count). The summed E-state index contributed by atoms with van der Waals surface area (Å²) in [5.41, 5.74) is 0.559. The Bertz CT molecular complexity index is 409. The van der Waals surface area contributed by atoms with Gasteiger partial charge in [0.15, 0.2) is 0 Å². The van der Waals surface area contributed by atoms with Crippen LogP contribution in [-0.4, -0.2) is 35.1 Å². The van der Waals surface area contributed by atoms with Crippen molar-refractivity contribution in [2.45, 2.75) is 19.9 Å². The molecule has 0 bridgehead atoms. The summed E-state index contributed by atoms with van der Waals surface area (Å²) in [6, 6.07) is 5.10. The van der Waals surface area contributed by atoms with Crippen LogP contribution >= 0.6 is 27.5 Å². The second-order valence-electron chi connectivity index (χ2n) is 3.94. The average Bonchev–Trinajstić information content (AvgIpc) is 2.28. The molecule has 17 heavy (non-hydrogen) atoms. The summed E-state index contributed by atoms with van der Waals surface area (Å²) in [6.07, 6.45) is 0. The second-order valence-corrected chi connectivity index (χ2v) is 5.21. The van der Waals surface area contributed by atoms with Gasteiger partial charge in [0.25, 0.3) is 5.91 Å². The van der Waals surface area contributed by atoms with Crippen LogP contribution in [-0.2, 0) is 0 Å². The van der Waals surface area contributed by atoms with Crippen molar-refractivity contribution in [3.05, 3.63) is 33.3 Å². The van der Waals surface area contributed by atoms with E-state index in [1.807, 2.05) is 13.8 Å². The van der Waals surface area contributed by atoms with E-state index in [1.54, 1.807) is 23.1 Å². The van der Waals surface area contributed by atoms with Gasteiger partial charge in [-0.1, -0.05) is 11.6 Å². The standard InChI is InChI=1S/C12H15BrClNO2/c1-8(2)15(5-6-16)12(17)9-3-4-11(14)10(13)7-9/h3-4,7-8,16H,5-6H2,1-2H3. The quantitative estimate of drug-likeness (QED) is 0.926. The lowest BCUT2D eigenvalue weighted by atomic mass is 10.1. The molecular formula is C12H15BrClNO2. The van der Waals surface area contributed by atoms with Crippen molar-refractivity contribution in [3.8, 4) is 0 Å². The lowest BCUT2D eigenvalue weighted by Crippen LogP contribution is -2.39. The highest BCUT2D eigenvalue weighted by molar-refractivity contribution is 9.10. The van der Waals surface area contributed by atoms with E-state index in [1.165, 1.54) is 0 Å². The smallest absolute Gasteiger partial charge is 0.254 e. The maximum Gasteiger partial charge on any atom is 0.254 e. The molecule has 0 fully saturated rings. The first-order valence-electron chi connectivity index (χ1n) is 5.34. The number of aliphatic hydroxyl groups excluding tert-OH is 1. The first kappa shape index (κ1) is 14.5. The van der Waals surface area contributed by atoms with Gasteiger partial charge in [0.2, 0.25) is 0 Å². The van der Waals surface area contributed by atoms with Crippen molar-refractivity contribution in [3.63, 3.8) is 0 Å². The Balaban J connectivity index is 2.97. The van der Waals surface area contributed by atoms with Gasteiger partial charge in [-0.15, -0.1) is 0 Å². The normalized spacial score (nSPS) is 10.7. The molecule has 0 saturated heterocycles. The lowest BCUT2D eigenvalue weighted by molar-refractivity contribution is 0.0665. The molecule has 0 aromatic heterocycles. The Morgan fingerprint density at radius 1 is 1.53 bits per heavy atom. The van der Waals surface area contributed by atoms with Crippen LogP contribution in [0.15, 0.2) is 22.7 Å². The number of rotatable bonds is 4. The molecule has 1 N–H and O–H groups in total. The third-order valence-corrected chi connectivity index (χ3v) is 3.61. The van der Waals surface area contributed by atoms with Crippen LogP contribution in [0.2, 0.25) is 5.02 Å². The molecule has 0 radical (unpaired) electrons. The van der Waals surface area contributed by atoms with Gasteiger partial charge in [-0.25, -0.2) is 0 Å². The highest BCUT2D eigenvalue weighted by Gasteiger charge is 2.18. The molecular weight excluding hydrogens is 305 g/mol. The number of aliphatic hydroxyl groups is 1. The van der Waals surface area contributed by atoms with Gasteiger partial charge in [0, 0.05) is 22.6 Å². The third kappa shape index (κ3) is 3.69. The molecule has 94 valence electrons. The number of carbonyl (C=O) groups excluding carboxylic acids is 1. The fourth-order valence-corrected chi connectivity index (χ4v) is 1.99. The topological polar surface area (TPSA) is 40.5 Å². The highest BCUT2D eigenvalue weighted by atomic mass is 79.9. The summed E-state index contributed by atoms with van der Waals surface area (Å²) in [6.45, 7) is 4.12. The third-order valence-electron chi connectivity index (χ3n) is 2.39. The number of carbonyl (C=O) groups is 1. The predicted octanol–water partition coefficient (Wildman–Crippen LogP) is 2.95. The summed E-state index contributed by atoms with van der Waals surface area (Å²) in [5.74, 6) is -0.105. The fourth-order valence-electron chi connectivity index (χ4n) is 1.50. The Morgan fingerprint density at radius 2 is 2.18 bits per heavy atom. The number of amides is 1. The van der Waals surface area contributed by atoms with E-state index in [4.69, 9.17) is 16.7 Å². The summed E-state index contributed by atoms with van der Waals surface area (Å²) in [4.78, 5) is 13.8. The Labute approximate surface area is 115 Å². The Morgan fingerprint density at radius 3 is 2.65 bits per heavy atom. The summed E-state index contributed by atoms with van der Waals surface area (Å²) in [7, 11) is 0. The minimum absolute atomic E-state index is 0.0430. The Kier molecular flexibility index (Phi) is 5.43. The van der Waals surface area contributed by atoms with Crippen molar-refractivity contribution < 1.29 is 9.90 Å². The van der Waals surface area contributed by atoms with Gasteiger partial charge >= 0.3 is 0 Å². The second kappa shape index (κ2) is 6.38. The largest absolute Gasteiger partial charge is 0.395 e. The zero-order chi connectivity index (χ0) is 13.0. The lowest BCUT2D eigenvalue weighted by Gasteiger charge is -2.26. The van der Waals surface area contributed by atoms with E-state index >= 15 is 0 Å². The van der Waals surface area contributed by atoms with Crippen molar-refractivity contribution >= 4 is 33.4 Å². The first-order valence-corrected chi connectivity index (χ1v) is 6.51. The first-order chi connectivity index (χ1) is 7.97. The summed E-state index contributed by atoms with van der Waals surface area (Å²) < 4.78 is 0.692. The number of nitrogens with zero attached hydrogens (tertiary/aromatic N) is 1. The van der Waals surface area contributed by atoms with Crippen LogP contribution in [0.3, 0.4) is 0 Å². The van der Waals surface area contributed by atoms with Crippen LogP contribution in [0.5, 0.6) is 0 Å². The molecule has 0 aliphatic rings. The maximum atomic E-state index is 12.2. The number of benzene rings is 1. The van der Waals surface area contributed by atoms with Crippen LogP contribution in [0, 0.1) is 0 Å². The van der Waals surface area contributed by atoms with Crippen LogP contribution in [0.25, 0.3) is 0 Å². The Hall–Kier alpha value is -0.580. The molecule has 1 aromatic carbocycles. The minimum Gasteiger partial charge on any atom is -0.395 e. The van der Waals surface area contributed by atoms with E-state index in [2.05, 4.69) is 15.9 Å². The number of hydrogen-bond donors (Lipinski definition) is 1. The van der Waals surface area contributed by atoms with Crippen molar-refractivity contribution in [1.82, 2.24) is 4.90 Å². The molecule has 1 aromatic rings. The SMILES string of the molecule is CC(C)N(CCO)C(=O)c1ccc(Cl)c(Br)c1. The molecule has 0 heterocycles. The maximum absolute atomic E-state index is 12.2. The van der Waals surface area contributed by atoms with Crippen LogP contribution in [0.4, 0.5) is 0 Å². The van der Waals surface area contributed by atoms with Gasteiger partial charge in [-0.2, -0.15) is 0 Å². The van der Waals surface area contributed by atoms with Crippen molar-refractivity contribution in [2.75, 3.05) is 13.2 Å². The van der Waals surface area contributed by atoms with Gasteiger partial charge in [0.05, 0.1) is 11.6 Å². The van der Waals surface area contributed by atoms with Gasteiger partial charge in [-0.3, -0.25) is 4.79 Å². The van der Waals surface area contributed by atoms with E-state index in [0.717, 1.165) is 0 Å². The molecule has 0 unspecified atom stereocenters. The van der Waals surface area contributed by atoms with Gasteiger partial charge in [-0.05, 0) is 48.0 Å². The monoisotopic (exact) mass is 319 g/mol. The zero-order valence-corrected chi connectivity index (χ0v) is 12.1. The van der Waals surface area contributed by atoms with Gasteiger partial charge in [0.1, 0.15) is 0 Å². The molecule has 1 amide bonds. The van der Waals surface area contributed by atoms with Crippen molar-refractivity contribution in [1.29, 1.82) is 0 Å². The average molecular weight is 321 g/mol. The number of halogens is 2. The predicted molar refractivity (Wildman–Crippen MR) is 72.4 cm³/mol. The summed E-state index contributed by atoms with van der Waals surface area (Å²) >= 11 is 9.16. The molecule has 0 saturated carbocycles. The van der Waals surface area contributed by atoms with E-state index in [0.29, 0.717) is 21.6 Å². The van der Waals surface area contributed by atoms with Gasteiger partial charge < -0.3 is 10.0 Å². The molecule has 0 aliphatic carbocycles. The van der Waals surface area contributed by atoms with E-state index in [9.17, 15) is 4.79 Å². The van der Waals surface area contributed by atoms with Crippen LogP contribution < -0.4 is 0 Å². The molecule has 3 nitrogen and oxygen atoms in total. The highest BCUT2D eigenvalue weighted by Crippen LogP contribution is 2.24. The van der Waals surface area contributed by atoms with E-state index in [-0.39, 0.29) is 18.6 Å². The van der Waals surface area contributed by atoms with Crippen LogP contribution in [0.1, 0.15) is 24.2 Å². The van der Waals surface area contributed by atoms with E-state index < -0.39 is 0 Å². The van der Waals surface area contributed by atoms with Crippen molar-refractivity contribution in [2.24, 2.45) is 0 Å². The molecule has 0 atom stereocenters. The fraction of sp³-hybridized carbons (Fsp3) is 0.417. The minimum atomic E-state index is -0.105. The zero-order valence-electron chi connectivity index (χ0n) is 9.78. The summed E-state index contributed by atoms with van der Waals surface area (Å²) in [5, 5.41) is 9.53. The molecule has 0 spiro atoms. The molecule has 0 aliphatic heterocycles. The molecule has 5 heteroatoms. The number of hydrogen-bond acceptors (Lipinski definition) is 2.